The number of carbonyl (C=O) groups is 1. The highest BCUT2D eigenvalue weighted by atomic mass is 35.5. The number of carbonyl (C=O) groups excluding carboxylic acids is 1. The number of nitrogens with zero attached hydrogens (tertiary/aromatic N) is 1. The van der Waals surface area contributed by atoms with Crippen molar-refractivity contribution in [1.82, 2.24) is 0 Å². The summed E-state index contributed by atoms with van der Waals surface area (Å²) >= 11 is 12.0. The number of benzene rings is 2. The van der Waals surface area contributed by atoms with E-state index in [1.54, 1.807) is 36.4 Å². The van der Waals surface area contributed by atoms with Crippen molar-refractivity contribution >= 4 is 50.5 Å². The standard InChI is InChI=1S/C17H16Cl2N2O3S/c1-25(23,24)21-8-2-3-11-9-12(4-7-16(11)21)17(22)20-15-10-13(18)5-6-14(15)19/h4-7,9-10H,2-3,8H2,1H3,(H,20,22). The van der Waals surface area contributed by atoms with Crippen molar-refractivity contribution in [2.45, 2.75) is 12.8 Å². The molecule has 0 radical (unpaired) electrons. The quantitative estimate of drug-likeness (QED) is 0.850. The summed E-state index contributed by atoms with van der Waals surface area (Å²) < 4.78 is 25.2. The Morgan fingerprint density at radius 2 is 1.92 bits per heavy atom. The van der Waals surface area contributed by atoms with Gasteiger partial charge in [-0.3, -0.25) is 9.10 Å². The minimum atomic E-state index is -3.33. The molecule has 0 saturated carbocycles. The first-order valence-corrected chi connectivity index (χ1v) is 10.2. The predicted octanol–water partition coefficient (Wildman–Crippen LogP) is 3.96. The van der Waals surface area contributed by atoms with Gasteiger partial charge in [0.25, 0.3) is 5.91 Å². The zero-order chi connectivity index (χ0) is 18.2. The second kappa shape index (κ2) is 6.86. The van der Waals surface area contributed by atoms with Gasteiger partial charge in [-0.2, -0.15) is 0 Å². The van der Waals surface area contributed by atoms with Gasteiger partial charge in [-0.25, -0.2) is 8.42 Å². The number of amides is 1. The van der Waals surface area contributed by atoms with E-state index in [1.165, 1.54) is 10.6 Å². The second-order valence-corrected chi connectivity index (χ2v) is 8.61. The Labute approximate surface area is 156 Å². The van der Waals surface area contributed by atoms with Crippen LogP contribution in [0.5, 0.6) is 0 Å². The first kappa shape index (κ1) is 18.0. The molecule has 25 heavy (non-hydrogen) atoms. The molecule has 0 saturated heterocycles. The Morgan fingerprint density at radius 3 is 2.64 bits per heavy atom. The van der Waals surface area contributed by atoms with Crippen LogP contribution in [0.4, 0.5) is 11.4 Å². The van der Waals surface area contributed by atoms with E-state index in [4.69, 9.17) is 23.2 Å². The van der Waals surface area contributed by atoms with Gasteiger partial charge in [0.1, 0.15) is 0 Å². The van der Waals surface area contributed by atoms with Gasteiger partial charge in [-0.15, -0.1) is 0 Å². The van der Waals surface area contributed by atoms with Crippen molar-refractivity contribution in [3.63, 3.8) is 0 Å². The summed E-state index contributed by atoms with van der Waals surface area (Å²) in [7, 11) is -3.33. The molecule has 1 amide bonds. The lowest BCUT2D eigenvalue weighted by atomic mass is 10.0. The summed E-state index contributed by atoms with van der Waals surface area (Å²) in [5.74, 6) is -0.330. The number of nitrogens with one attached hydrogen (secondary N) is 1. The normalized spacial score (nSPS) is 14.1. The van der Waals surface area contributed by atoms with Gasteiger partial charge in [-0.1, -0.05) is 23.2 Å². The van der Waals surface area contributed by atoms with E-state index in [9.17, 15) is 13.2 Å². The van der Waals surface area contributed by atoms with Crippen molar-refractivity contribution < 1.29 is 13.2 Å². The molecule has 3 rings (SSSR count). The maximum atomic E-state index is 12.5. The van der Waals surface area contributed by atoms with Gasteiger partial charge in [0.2, 0.25) is 10.0 Å². The third kappa shape index (κ3) is 3.92. The van der Waals surface area contributed by atoms with Crippen molar-refractivity contribution in [3.8, 4) is 0 Å². The van der Waals surface area contributed by atoms with E-state index in [2.05, 4.69) is 5.32 Å². The number of hydrogen-bond acceptors (Lipinski definition) is 3. The zero-order valence-corrected chi connectivity index (χ0v) is 15.7. The van der Waals surface area contributed by atoms with Gasteiger partial charge < -0.3 is 5.32 Å². The highest BCUT2D eigenvalue weighted by Crippen LogP contribution is 2.31. The van der Waals surface area contributed by atoms with Crippen molar-refractivity contribution in [2.24, 2.45) is 0 Å². The summed E-state index contributed by atoms with van der Waals surface area (Å²) in [4.78, 5) is 12.5. The van der Waals surface area contributed by atoms with Gasteiger partial charge in [0.15, 0.2) is 0 Å². The van der Waals surface area contributed by atoms with Crippen LogP contribution in [0.25, 0.3) is 0 Å². The molecular weight excluding hydrogens is 383 g/mol. The second-order valence-electron chi connectivity index (χ2n) is 5.86. The minimum absolute atomic E-state index is 0.330. The smallest absolute Gasteiger partial charge is 0.255 e. The molecule has 0 spiro atoms. The summed E-state index contributed by atoms with van der Waals surface area (Å²) in [5.41, 5.74) is 2.33. The molecule has 1 N–H and O–H groups in total. The molecular formula is C17H16Cl2N2O3S. The van der Waals surface area contributed by atoms with Crippen LogP contribution in [0.3, 0.4) is 0 Å². The van der Waals surface area contributed by atoms with Crippen LogP contribution < -0.4 is 9.62 Å². The molecule has 0 bridgehead atoms. The van der Waals surface area contributed by atoms with Gasteiger partial charge in [0, 0.05) is 17.1 Å². The van der Waals surface area contributed by atoms with Crippen LogP contribution in [-0.4, -0.2) is 27.1 Å². The molecule has 132 valence electrons. The van der Waals surface area contributed by atoms with Crippen molar-refractivity contribution in [3.05, 3.63) is 57.6 Å². The lowest BCUT2D eigenvalue weighted by Crippen LogP contribution is -2.34. The Morgan fingerprint density at radius 1 is 1.16 bits per heavy atom. The summed E-state index contributed by atoms with van der Waals surface area (Å²) in [6.07, 6.45) is 2.62. The Hall–Kier alpha value is -1.76. The van der Waals surface area contributed by atoms with E-state index >= 15 is 0 Å². The van der Waals surface area contributed by atoms with E-state index < -0.39 is 10.0 Å². The van der Waals surface area contributed by atoms with Crippen LogP contribution in [0.15, 0.2) is 36.4 Å². The molecule has 0 aromatic heterocycles. The zero-order valence-electron chi connectivity index (χ0n) is 13.4. The number of sulfonamides is 1. The summed E-state index contributed by atoms with van der Waals surface area (Å²) in [6.45, 7) is 0.454. The summed E-state index contributed by atoms with van der Waals surface area (Å²) in [5, 5.41) is 3.58. The topological polar surface area (TPSA) is 66.5 Å². The fourth-order valence-corrected chi connectivity index (χ4v) is 4.17. The largest absolute Gasteiger partial charge is 0.321 e. The van der Waals surface area contributed by atoms with E-state index in [1.807, 2.05) is 0 Å². The molecule has 0 atom stereocenters. The Kier molecular flexibility index (Phi) is 4.95. The van der Waals surface area contributed by atoms with Crippen LogP contribution in [0, 0.1) is 0 Å². The molecule has 1 aliphatic heterocycles. The average Bonchev–Trinajstić information content (AvgIpc) is 2.56. The molecule has 2 aromatic rings. The third-order valence-corrected chi connectivity index (χ3v) is 5.74. The number of halogens is 2. The molecule has 8 heteroatoms. The van der Waals surface area contributed by atoms with E-state index in [0.29, 0.717) is 39.9 Å². The molecule has 1 heterocycles. The van der Waals surface area contributed by atoms with E-state index in [-0.39, 0.29) is 5.91 Å². The first-order chi connectivity index (χ1) is 11.8. The molecule has 1 aliphatic rings. The SMILES string of the molecule is CS(=O)(=O)N1CCCc2cc(C(=O)Nc3cc(Cl)ccc3Cl)ccc21. The van der Waals surface area contributed by atoms with Gasteiger partial charge >= 0.3 is 0 Å². The average molecular weight is 399 g/mol. The number of rotatable bonds is 3. The molecule has 2 aromatic carbocycles. The van der Waals surface area contributed by atoms with Crippen LogP contribution in [-0.2, 0) is 16.4 Å². The highest BCUT2D eigenvalue weighted by Gasteiger charge is 2.24. The highest BCUT2D eigenvalue weighted by molar-refractivity contribution is 7.92. The molecule has 0 aliphatic carbocycles. The van der Waals surface area contributed by atoms with Gasteiger partial charge in [0.05, 0.1) is 22.7 Å². The van der Waals surface area contributed by atoms with Gasteiger partial charge in [-0.05, 0) is 54.8 Å². The fraction of sp³-hybridized carbons (Fsp3) is 0.235. The van der Waals surface area contributed by atoms with Crippen LogP contribution >= 0.6 is 23.2 Å². The maximum Gasteiger partial charge on any atom is 0.255 e. The fourth-order valence-electron chi connectivity index (χ4n) is 2.84. The van der Waals surface area contributed by atoms with Crippen LogP contribution in [0.1, 0.15) is 22.3 Å². The van der Waals surface area contributed by atoms with Crippen molar-refractivity contribution in [1.29, 1.82) is 0 Å². The lowest BCUT2D eigenvalue weighted by molar-refractivity contribution is 0.102. The van der Waals surface area contributed by atoms with Crippen molar-refractivity contribution in [2.75, 3.05) is 22.4 Å². The molecule has 0 unspecified atom stereocenters. The predicted molar refractivity (Wildman–Crippen MR) is 101 cm³/mol. The lowest BCUT2D eigenvalue weighted by Gasteiger charge is -2.29. The minimum Gasteiger partial charge on any atom is -0.321 e. The van der Waals surface area contributed by atoms with Crippen LogP contribution in [0.2, 0.25) is 10.0 Å². The Bertz CT molecular complexity index is 945. The first-order valence-electron chi connectivity index (χ1n) is 7.63. The summed E-state index contributed by atoms with van der Waals surface area (Å²) in [6, 6.07) is 9.82. The number of aryl methyl sites for hydroxylation is 1. The maximum absolute atomic E-state index is 12.5. The molecule has 0 fully saturated rings. The number of anilines is 2. The van der Waals surface area contributed by atoms with E-state index in [0.717, 1.165) is 12.0 Å². The Balaban J connectivity index is 1.89. The third-order valence-electron chi connectivity index (χ3n) is 3.99. The number of fused-ring (bicyclic) bond motifs is 1. The molecule has 5 nitrogen and oxygen atoms in total. The monoisotopic (exact) mass is 398 g/mol. The number of hydrogen-bond donors (Lipinski definition) is 1.